The first-order valence-corrected chi connectivity index (χ1v) is 26.2. The topological polar surface area (TPSA) is 0 Å². The average molecular weight is 445 g/mol. The second-order valence-corrected chi connectivity index (χ2v) is 37.3. The van der Waals surface area contributed by atoms with Crippen LogP contribution in [0.3, 0.4) is 0 Å². The van der Waals surface area contributed by atoms with Gasteiger partial charge >= 0.3 is 104 Å². The summed E-state index contributed by atoms with van der Waals surface area (Å²) >= 11 is -4.73. The maximum atomic E-state index is 6.42. The molecule has 0 radical (unpaired) electrons. The predicted octanol–water partition coefficient (Wildman–Crippen LogP) is 2.99. The molecule has 0 aliphatic rings. The van der Waals surface area contributed by atoms with Gasteiger partial charge in [0, 0.05) is 0 Å². The van der Waals surface area contributed by atoms with Gasteiger partial charge in [-0.05, 0) is 0 Å². The van der Waals surface area contributed by atoms with Crippen LogP contribution in [0.4, 0.5) is 0 Å². The van der Waals surface area contributed by atoms with E-state index in [4.69, 9.17) is 17.8 Å². The third-order valence-electron chi connectivity index (χ3n) is 2.26. The van der Waals surface area contributed by atoms with Crippen molar-refractivity contribution in [3.8, 4) is 0 Å². The Morgan fingerprint density at radius 2 is 0.929 bits per heavy atom. The van der Waals surface area contributed by atoms with Crippen molar-refractivity contribution in [2.24, 2.45) is 0 Å². The van der Waals surface area contributed by atoms with Gasteiger partial charge in [0.25, 0.3) is 0 Å². The van der Waals surface area contributed by atoms with Crippen molar-refractivity contribution in [1.82, 2.24) is 0 Å². The van der Waals surface area contributed by atoms with E-state index in [-0.39, 0.29) is 0 Å². The zero-order chi connectivity index (χ0) is 11.0. The molecule has 0 heterocycles. The summed E-state index contributed by atoms with van der Waals surface area (Å²) in [6, 6.07) is 8.72. The van der Waals surface area contributed by atoms with Gasteiger partial charge in [0.05, 0.1) is 0 Å². The molecule has 0 N–H and O–H groups in total. The third-order valence-corrected chi connectivity index (χ3v) is 14.9. The van der Waals surface area contributed by atoms with Gasteiger partial charge in [-0.1, -0.05) is 0 Å². The Morgan fingerprint density at radius 1 is 0.714 bits per heavy atom. The van der Waals surface area contributed by atoms with Gasteiger partial charge in [0.2, 0.25) is 0 Å². The monoisotopic (exact) mass is 446 g/mol. The molecule has 4 heteroatoms. The fraction of sp³-hybridized carbons (Fsp3) is 0.400. The van der Waals surface area contributed by atoms with Crippen LogP contribution in [-0.4, -0.2) is 34.5 Å². The Labute approximate surface area is 102 Å². The van der Waals surface area contributed by atoms with Gasteiger partial charge in [-0.2, -0.15) is 0 Å². The Balaban J connectivity index is 3.02. The van der Waals surface area contributed by atoms with E-state index < -0.39 is 34.5 Å². The molecular formula is C10H16Cl2Sn2. The SMILES string of the molecule is [CH3][Sn]([CH3])([Cl])[c]1cc[c]([Sn]([CH3])([CH3])[Cl])cc1. The Hall–Kier alpha value is 1.40. The summed E-state index contributed by atoms with van der Waals surface area (Å²) in [4.78, 5) is 8.83. The first kappa shape index (κ1) is 13.5. The number of hydrogen-bond acceptors (Lipinski definition) is 0. The van der Waals surface area contributed by atoms with Gasteiger partial charge in [-0.3, -0.25) is 0 Å². The molecule has 78 valence electrons. The predicted molar refractivity (Wildman–Crippen MR) is 72.4 cm³/mol. The number of rotatable bonds is 2. The molecule has 1 aromatic carbocycles. The Morgan fingerprint density at radius 3 is 1.07 bits per heavy atom. The summed E-state index contributed by atoms with van der Waals surface area (Å²) < 4.78 is 2.72. The molecule has 0 bridgehead atoms. The molecule has 0 atom stereocenters. The molecule has 0 aliphatic carbocycles. The van der Waals surface area contributed by atoms with Crippen LogP contribution in [0.1, 0.15) is 0 Å². The van der Waals surface area contributed by atoms with Crippen molar-refractivity contribution in [2.45, 2.75) is 19.8 Å². The fourth-order valence-electron chi connectivity index (χ4n) is 1.26. The Bertz CT molecular complexity index is 273. The van der Waals surface area contributed by atoms with Crippen LogP contribution in [0.2, 0.25) is 19.8 Å². The summed E-state index contributed by atoms with van der Waals surface area (Å²) in [6.45, 7) is 0. The van der Waals surface area contributed by atoms with Crippen molar-refractivity contribution in [1.29, 1.82) is 0 Å². The van der Waals surface area contributed by atoms with E-state index in [1.54, 1.807) is 0 Å². The second-order valence-electron chi connectivity index (χ2n) is 4.52. The van der Waals surface area contributed by atoms with Crippen LogP contribution in [-0.2, 0) is 0 Å². The van der Waals surface area contributed by atoms with Crippen LogP contribution in [0.15, 0.2) is 24.3 Å². The van der Waals surface area contributed by atoms with Crippen molar-refractivity contribution in [2.75, 3.05) is 0 Å². The van der Waals surface area contributed by atoms with E-state index in [9.17, 15) is 0 Å². The maximum absolute atomic E-state index is 6.42. The molecule has 0 nitrogen and oxygen atoms in total. The van der Waals surface area contributed by atoms with Crippen LogP contribution in [0.5, 0.6) is 0 Å². The molecule has 1 rings (SSSR count). The minimum atomic E-state index is -2.37. The summed E-state index contributed by atoms with van der Waals surface area (Å²) in [6.07, 6.45) is 0. The second kappa shape index (κ2) is 4.72. The average Bonchev–Trinajstić information content (AvgIpc) is 2.01. The van der Waals surface area contributed by atoms with Crippen molar-refractivity contribution in [3.05, 3.63) is 24.3 Å². The summed E-state index contributed by atoms with van der Waals surface area (Å²) in [7, 11) is 12.8. The van der Waals surface area contributed by atoms with E-state index in [1.807, 2.05) is 0 Å². The zero-order valence-electron chi connectivity index (χ0n) is 9.07. The van der Waals surface area contributed by atoms with Crippen LogP contribution < -0.4 is 7.16 Å². The summed E-state index contributed by atoms with van der Waals surface area (Å²) in [5, 5.41) is 0. The molecule has 0 unspecified atom stereocenters. The van der Waals surface area contributed by atoms with Gasteiger partial charge < -0.3 is 0 Å². The van der Waals surface area contributed by atoms with Crippen LogP contribution in [0.25, 0.3) is 0 Å². The van der Waals surface area contributed by atoms with E-state index in [0.29, 0.717) is 0 Å². The van der Waals surface area contributed by atoms with Crippen LogP contribution in [0, 0.1) is 0 Å². The number of benzene rings is 1. The van der Waals surface area contributed by atoms with Crippen molar-refractivity contribution >= 4 is 59.5 Å². The summed E-state index contributed by atoms with van der Waals surface area (Å²) in [5.41, 5.74) is 0. The molecule has 0 saturated heterocycles. The standard InChI is InChI=1S/C6H4.4CH3.2ClH.2Sn/c1-2-4-6-5-3-1;;;;;;;;/h1-2,5-6H;4*1H3;2*1H;;/q;;;;;;;2*+1/p-2. The quantitative estimate of drug-likeness (QED) is 0.616. The molecular weight excluding hydrogens is 428 g/mol. The molecule has 0 saturated carbocycles. The zero-order valence-corrected chi connectivity index (χ0v) is 16.3. The molecule has 0 aliphatic heterocycles. The van der Waals surface area contributed by atoms with Gasteiger partial charge in [-0.25, -0.2) is 0 Å². The molecule has 14 heavy (non-hydrogen) atoms. The fourth-order valence-corrected chi connectivity index (χ4v) is 8.43. The molecule has 0 spiro atoms. The first-order chi connectivity index (χ1) is 6.21. The van der Waals surface area contributed by atoms with Gasteiger partial charge in [0.15, 0.2) is 0 Å². The number of hydrogen-bond donors (Lipinski definition) is 0. The minimum absolute atomic E-state index is 1.36. The third kappa shape index (κ3) is 3.76. The number of halogens is 2. The van der Waals surface area contributed by atoms with Crippen molar-refractivity contribution < 1.29 is 0 Å². The molecule has 1 aromatic rings. The first-order valence-electron chi connectivity index (χ1n) is 4.70. The van der Waals surface area contributed by atoms with E-state index in [0.717, 1.165) is 0 Å². The van der Waals surface area contributed by atoms with Gasteiger partial charge in [-0.15, -0.1) is 0 Å². The van der Waals surface area contributed by atoms with E-state index in [2.05, 4.69) is 44.0 Å². The molecule has 0 fully saturated rings. The van der Waals surface area contributed by atoms with Crippen LogP contribution >= 0.6 is 17.8 Å². The normalized spacial score (nSPS) is 13.0. The Kier molecular flexibility index (Phi) is 4.54. The molecule has 0 amide bonds. The molecule has 0 aromatic heterocycles. The summed E-state index contributed by atoms with van der Waals surface area (Å²) in [5.74, 6) is 0. The van der Waals surface area contributed by atoms with E-state index >= 15 is 0 Å². The van der Waals surface area contributed by atoms with Crippen molar-refractivity contribution in [3.63, 3.8) is 0 Å². The van der Waals surface area contributed by atoms with Gasteiger partial charge in [0.1, 0.15) is 0 Å². The van der Waals surface area contributed by atoms with E-state index in [1.165, 1.54) is 7.16 Å².